The number of pyridine rings is 1. The summed E-state index contributed by atoms with van der Waals surface area (Å²) >= 11 is 0. The van der Waals surface area contributed by atoms with E-state index in [1.54, 1.807) is 0 Å². The fraction of sp³-hybridized carbons (Fsp3) is 0.0556. The highest BCUT2D eigenvalue weighted by atomic mass is 14.7. The Balaban J connectivity index is 2.06. The van der Waals surface area contributed by atoms with Crippen LogP contribution in [0.3, 0.4) is 0 Å². The van der Waals surface area contributed by atoms with Crippen LogP contribution in [0.1, 0.15) is 16.8 Å². The molecule has 90 valence electrons. The van der Waals surface area contributed by atoms with Gasteiger partial charge in [0.25, 0.3) is 0 Å². The van der Waals surface area contributed by atoms with Crippen LogP contribution in [0, 0.1) is 18.8 Å². The molecule has 0 fully saturated rings. The molecule has 0 N–H and O–H groups in total. The molecule has 0 radical (unpaired) electrons. The summed E-state index contributed by atoms with van der Waals surface area (Å²) in [5.41, 5.74) is 3.96. The van der Waals surface area contributed by atoms with Gasteiger partial charge in [0.15, 0.2) is 0 Å². The zero-order valence-corrected chi connectivity index (χ0v) is 10.7. The van der Waals surface area contributed by atoms with Gasteiger partial charge in [0.05, 0.1) is 5.52 Å². The number of aromatic nitrogens is 1. The number of para-hydroxylation sites is 1. The van der Waals surface area contributed by atoms with Crippen LogP contribution in [-0.2, 0) is 0 Å². The van der Waals surface area contributed by atoms with Gasteiger partial charge >= 0.3 is 0 Å². The highest BCUT2D eigenvalue weighted by Gasteiger charge is 2.00. The van der Waals surface area contributed by atoms with Gasteiger partial charge in [0, 0.05) is 10.9 Å². The minimum absolute atomic E-state index is 0.850. The number of benzene rings is 2. The predicted molar refractivity (Wildman–Crippen MR) is 78.9 cm³/mol. The van der Waals surface area contributed by atoms with E-state index in [0.717, 1.165) is 27.7 Å². The quantitative estimate of drug-likeness (QED) is 0.545. The highest BCUT2D eigenvalue weighted by Crippen LogP contribution is 2.15. The molecular weight excluding hydrogens is 230 g/mol. The zero-order valence-electron chi connectivity index (χ0n) is 10.7. The highest BCUT2D eigenvalue weighted by molar-refractivity contribution is 5.80. The lowest BCUT2D eigenvalue weighted by Crippen LogP contribution is -1.89. The van der Waals surface area contributed by atoms with Gasteiger partial charge in [0.1, 0.15) is 5.69 Å². The van der Waals surface area contributed by atoms with Crippen molar-refractivity contribution in [2.24, 2.45) is 0 Å². The minimum Gasteiger partial charge on any atom is -0.239 e. The molecule has 3 aromatic rings. The summed E-state index contributed by atoms with van der Waals surface area (Å²) < 4.78 is 0. The van der Waals surface area contributed by atoms with Gasteiger partial charge in [-0.3, -0.25) is 0 Å². The fourth-order valence-corrected chi connectivity index (χ4v) is 2.00. The van der Waals surface area contributed by atoms with Crippen molar-refractivity contribution in [1.82, 2.24) is 4.98 Å². The Bertz CT molecular complexity index is 777. The smallest absolute Gasteiger partial charge is 0.117 e. The molecule has 0 atom stereocenters. The molecule has 1 heteroatoms. The molecule has 0 saturated heterocycles. The van der Waals surface area contributed by atoms with E-state index in [4.69, 9.17) is 0 Å². The van der Waals surface area contributed by atoms with Crippen LogP contribution in [0.15, 0.2) is 60.7 Å². The summed E-state index contributed by atoms with van der Waals surface area (Å²) in [6, 6.07) is 20.2. The lowest BCUT2D eigenvalue weighted by molar-refractivity contribution is 1.29. The summed E-state index contributed by atoms with van der Waals surface area (Å²) in [5.74, 6) is 6.31. The lowest BCUT2D eigenvalue weighted by atomic mass is 10.1. The van der Waals surface area contributed by atoms with Crippen LogP contribution in [0.5, 0.6) is 0 Å². The van der Waals surface area contributed by atoms with Crippen LogP contribution in [-0.4, -0.2) is 4.98 Å². The first-order chi connectivity index (χ1) is 9.33. The summed E-state index contributed by atoms with van der Waals surface area (Å²) in [5, 5.41) is 1.16. The topological polar surface area (TPSA) is 12.9 Å². The molecule has 0 aliphatic carbocycles. The average Bonchev–Trinajstić information content (AvgIpc) is 2.46. The first-order valence-corrected chi connectivity index (χ1v) is 6.26. The van der Waals surface area contributed by atoms with Crippen LogP contribution >= 0.6 is 0 Å². The third-order valence-electron chi connectivity index (χ3n) is 3.01. The van der Waals surface area contributed by atoms with E-state index in [-0.39, 0.29) is 0 Å². The molecular formula is C18H13N. The van der Waals surface area contributed by atoms with E-state index in [0.29, 0.717) is 0 Å². The molecule has 19 heavy (non-hydrogen) atoms. The standard InChI is InChI=1S/C18H13N/c1-14-13-16-9-5-6-10-18(16)19-17(14)12-11-15-7-3-2-4-8-15/h2-10,13H,1H3. The van der Waals surface area contributed by atoms with Crippen molar-refractivity contribution in [2.45, 2.75) is 6.92 Å². The molecule has 0 bridgehead atoms. The number of hydrogen-bond acceptors (Lipinski definition) is 1. The molecule has 0 aliphatic heterocycles. The van der Waals surface area contributed by atoms with Gasteiger partial charge in [-0.1, -0.05) is 42.3 Å². The molecule has 0 saturated carbocycles. The number of hydrogen-bond donors (Lipinski definition) is 0. The summed E-state index contributed by atoms with van der Waals surface area (Å²) in [7, 11) is 0. The van der Waals surface area contributed by atoms with Crippen molar-refractivity contribution < 1.29 is 0 Å². The van der Waals surface area contributed by atoms with E-state index >= 15 is 0 Å². The van der Waals surface area contributed by atoms with Crippen molar-refractivity contribution >= 4 is 10.9 Å². The largest absolute Gasteiger partial charge is 0.239 e. The molecule has 1 heterocycles. The van der Waals surface area contributed by atoms with Gasteiger partial charge in [-0.25, -0.2) is 4.98 Å². The third kappa shape index (κ3) is 2.48. The van der Waals surface area contributed by atoms with Crippen LogP contribution in [0.4, 0.5) is 0 Å². The van der Waals surface area contributed by atoms with Crippen molar-refractivity contribution in [3.05, 3.63) is 77.5 Å². The Morgan fingerprint density at radius 3 is 2.42 bits per heavy atom. The second-order valence-corrected chi connectivity index (χ2v) is 4.46. The van der Waals surface area contributed by atoms with Gasteiger partial charge < -0.3 is 0 Å². The Kier molecular flexibility index (Phi) is 3.00. The van der Waals surface area contributed by atoms with E-state index in [2.05, 4.69) is 35.9 Å². The average molecular weight is 243 g/mol. The van der Waals surface area contributed by atoms with E-state index < -0.39 is 0 Å². The van der Waals surface area contributed by atoms with Gasteiger partial charge in [0.2, 0.25) is 0 Å². The maximum atomic E-state index is 4.62. The second-order valence-electron chi connectivity index (χ2n) is 4.46. The molecule has 0 aliphatic rings. The number of aryl methyl sites for hydroxylation is 1. The van der Waals surface area contributed by atoms with Crippen molar-refractivity contribution in [3.63, 3.8) is 0 Å². The fourth-order valence-electron chi connectivity index (χ4n) is 2.00. The number of rotatable bonds is 0. The second kappa shape index (κ2) is 4.96. The van der Waals surface area contributed by atoms with Crippen molar-refractivity contribution in [3.8, 4) is 11.8 Å². The molecule has 2 aromatic carbocycles. The monoisotopic (exact) mass is 243 g/mol. The summed E-state index contributed by atoms with van der Waals surface area (Å²) in [4.78, 5) is 4.62. The van der Waals surface area contributed by atoms with E-state index in [1.165, 1.54) is 0 Å². The van der Waals surface area contributed by atoms with E-state index in [1.807, 2.05) is 48.5 Å². The number of nitrogens with zero attached hydrogens (tertiary/aromatic N) is 1. The van der Waals surface area contributed by atoms with Crippen molar-refractivity contribution in [2.75, 3.05) is 0 Å². The minimum atomic E-state index is 0.850. The molecule has 1 aromatic heterocycles. The Morgan fingerprint density at radius 2 is 1.58 bits per heavy atom. The molecule has 0 spiro atoms. The molecule has 1 nitrogen and oxygen atoms in total. The van der Waals surface area contributed by atoms with Crippen LogP contribution in [0.25, 0.3) is 10.9 Å². The molecule has 0 amide bonds. The molecule has 3 rings (SSSR count). The Morgan fingerprint density at radius 1 is 0.842 bits per heavy atom. The van der Waals surface area contributed by atoms with Gasteiger partial charge in [-0.2, -0.15) is 0 Å². The number of fused-ring (bicyclic) bond motifs is 1. The SMILES string of the molecule is Cc1cc2ccccc2nc1C#Cc1ccccc1. The summed E-state index contributed by atoms with van der Waals surface area (Å²) in [6.45, 7) is 2.05. The maximum absolute atomic E-state index is 4.62. The predicted octanol–water partition coefficient (Wildman–Crippen LogP) is 3.94. The maximum Gasteiger partial charge on any atom is 0.117 e. The lowest BCUT2D eigenvalue weighted by Gasteiger charge is -2.01. The van der Waals surface area contributed by atoms with Gasteiger partial charge in [-0.05, 0) is 42.7 Å². The Hall–Kier alpha value is -2.59. The van der Waals surface area contributed by atoms with Crippen LogP contribution < -0.4 is 0 Å². The zero-order chi connectivity index (χ0) is 13.1. The molecule has 0 unspecified atom stereocenters. The van der Waals surface area contributed by atoms with E-state index in [9.17, 15) is 0 Å². The van der Waals surface area contributed by atoms with Crippen LogP contribution in [0.2, 0.25) is 0 Å². The first-order valence-electron chi connectivity index (χ1n) is 6.26. The summed E-state index contributed by atoms with van der Waals surface area (Å²) in [6.07, 6.45) is 0. The van der Waals surface area contributed by atoms with Crippen molar-refractivity contribution in [1.29, 1.82) is 0 Å². The van der Waals surface area contributed by atoms with Gasteiger partial charge in [-0.15, -0.1) is 0 Å². The first kappa shape index (κ1) is 11.5. The third-order valence-corrected chi connectivity index (χ3v) is 3.01. The Labute approximate surface area is 112 Å². The normalized spacial score (nSPS) is 9.95.